The van der Waals surface area contributed by atoms with Crippen LogP contribution in [0.2, 0.25) is 0 Å². The highest BCUT2D eigenvalue weighted by molar-refractivity contribution is 7.89. The Morgan fingerprint density at radius 1 is 1.03 bits per heavy atom. The van der Waals surface area contributed by atoms with Gasteiger partial charge in [0.15, 0.2) is 11.6 Å². The fourth-order valence-corrected chi connectivity index (χ4v) is 5.41. The van der Waals surface area contributed by atoms with Crippen LogP contribution in [0.5, 0.6) is 0 Å². The summed E-state index contributed by atoms with van der Waals surface area (Å²) in [5.41, 5.74) is -0.165. The Morgan fingerprint density at radius 3 is 2.21 bits per heavy atom. The molecule has 5 atom stereocenters. The van der Waals surface area contributed by atoms with E-state index in [2.05, 4.69) is 0 Å². The van der Waals surface area contributed by atoms with Gasteiger partial charge in [-0.2, -0.15) is 4.31 Å². The zero-order chi connectivity index (χ0) is 21.2. The summed E-state index contributed by atoms with van der Waals surface area (Å²) in [5.74, 6) is -1.61. The number of nitro groups is 1. The Bertz CT molecular complexity index is 914. The molecule has 3 saturated heterocycles. The lowest BCUT2D eigenvalue weighted by Crippen LogP contribution is -2.42. The molecule has 3 aliphatic heterocycles. The van der Waals surface area contributed by atoms with Crippen molar-refractivity contribution in [3.8, 4) is 0 Å². The monoisotopic (exact) mass is 428 g/mol. The number of sulfonamides is 1. The van der Waals surface area contributed by atoms with Gasteiger partial charge in [0.1, 0.15) is 18.3 Å². The summed E-state index contributed by atoms with van der Waals surface area (Å²) >= 11 is 0. The minimum Gasteiger partial charge on any atom is -0.348 e. The number of nitro benzene ring substituents is 1. The van der Waals surface area contributed by atoms with Gasteiger partial charge in [0.05, 0.1) is 22.5 Å². The maximum Gasteiger partial charge on any atom is 0.269 e. The second-order valence-corrected chi connectivity index (χ2v) is 10.2. The van der Waals surface area contributed by atoms with E-state index in [1.807, 2.05) is 13.8 Å². The summed E-state index contributed by atoms with van der Waals surface area (Å²) in [7, 11) is -3.80. The lowest BCUT2D eigenvalue weighted by molar-refractivity contribution is -0.384. The summed E-state index contributed by atoms with van der Waals surface area (Å²) < 4.78 is 50.8. The summed E-state index contributed by atoms with van der Waals surface area (Å²) in [4.78, 5) is 10.2. The van der Waals surface area contributed by atoms with E-state index in [-0.39, 0.29) is 23.2 Å². The van der Waals surface area contributed by atoms with Gasteiger partial charge in [0.25, 0.3) is 5.69 Å². The summed E-state index contributed by atoms with van der Waals surface area (Å²) in [6, 6.07) is 4.44. The number of non-ortho nitro benzene ring substituents is 1. The second-order valence-electron chi connectivity index (χ2n) is 8.32. The van der Waals surface area contributed by atoms with Crippen molar-refractivity contribution in [2.75, 3.05) is 13.2 Å². The first-order chi connectivity index (χ1) is 13.4. The largest absolute Gasteiger partial charge is 0.348 e. The van der Waals surface area contributed by atoms with Gasteiger partial charge in [0.2, 0.25) is 10.0 Å². The SMILES string of the molecule is CC1(C)O[C@H]([C@H]2COC(C)(C)O2)[C@@H]([C@@H]2CN2S(=O)(=O)c2ccc([N+](=O)[O-])cc2)O1. The first-order valence-electron chi connectivity index (χ1n) is 9.33. The minimum absolute atomic E-state index is 0.00177. The summed E-state index contributed by atoms with van der Waals surface area (Å²) in [5, 5.41) is 10.8. The normalized spacial score (nSPS) is 35.5. The highest BCUT2D eigenvalue weighted by Gasteiger charge is 2.59. The fourth-order valence-electron chi connectivity index (χ4n) is 3.84. The third-order valence-corrected chi connectivity index (χ3v) is 7.10. The van der Waals surface area contributed by atoms with E-state index >= 15 is 0 Å². The van der Waals surface area contributed by atoms with Crippen molar-refractivity contribution in [1.29, 1.82) is 0 Å². The average Bonchev–Trinajstić information content (AvgIpc) is 3.27. The van der Waals surface area contributed by atoms with Gasteiger partial charge in [-0.3, -0.25) is 10.1 Å². The maximum atomic E-state index is 12.9. The molecular weight excluding hydrogens is 404 g/mol. The van der Waals surface area contributed by atoms with Crippen molar-refractivity contribution in [3.63, 3.8) is 0 Å². The highest BCUT2D eigenvalue weighted by Crippen LogP contribution is 2.42. The molecule has 0 bridgehead atoms. The molecular formula is C18H24N2O8S. The van der Waals surface area contributed by atoms with E-state index in [9.17, 15) is 18.5 Å². The predicted octanol–water partition coefficient (Wildman–Crippen LogP) is 1.64. The molecule has 0 spiro atoms. The number of nitrogens with zero attached hydrogens (tertiary/aromatic N) is 2. The van der Waals surface area contributed by atoms with E-state index in [4.69, 9.17) is 18.9 Å². The van der Waals surface area contributed by atoms with Gasteiger partial charge in [-0.15, -0.1) is 0 Å². The van der Waals surface area contributed by atoms with E-state index in [0.29, 0.717) is 6.61 Å². The van der Waals surface area contributed by atoms with E-state index < -0.39 is 44.8 Å². The van der Waals surface area contributed by atoms with Crippen LogP contribution in [0.3, 0.4) is 0 Å². The van der Waals surface area contributed by atoms with E-state index in [0.717, 1.165) is 0 Å². The van der Waals surface area contributed by atoms with Gasteiger partial charge >= 0.3 is 0 Å². The van der Waals surface area contributed by atoms with Gasteiger partial charge in [-0.25, -0.2) is 8.42 Å². The topological polar surface area (TPSA) is 117 Å². The van der Waals surface area contributed by atoms with Crippen LogP contribution in [0.15, 0.2) is 29.2 Å². The maximum absolute atomic E-state index is 12.9. The third kappa shape index (κ3) is 3.90. The zero-order valence-electron chi connectivity index (χ0n) is 16.6. The number of hydrogen-bond donors (Lipinski definition) is 0. The minimum atomic E-state index is -3.80. The lowest BCUT2D eigenvalue weighted by atomic mass is 10.1. The smallest absolute Gasteiger partial charge is 0.269 e. The van der Waals surface area contributed by atoms with Crippen molar-refractivity contribution in [1.82, 2.24) is 4.31 Å². The molecule has 4 rings (SSSR count). The van der Waals surface area contributed by atoms with Crippen LogP contribution in [0, 0.1) is 10.1 Å². The summed E-state index contributed by atoms with van der Waals surface area (Å²) in [6.07, 6.45) is -1.37. The molecule has 0 aliphatic carbocycles. The Balaban J connectivity index is 1.52. The quantitative estimate of drug-likeness (QED) is 0.395. The van der Waals surface area contributed by atoms with Gasteiger partial charge in [0, 0.05) is 18.7 Å². The average molecular weight is 428 g/mol. The molecule has 29 heavy (non-hydrogen) atoms. The molecule has 1 aromatic rings. The molecule has 11 heteroatoms. The molecule has 10 nitrogen and oxygen atoms in total. The molecule has 1 unspecified atom stereocenters. The molecule has 3 heterocycles. The van der Waals surface area contributed by atoms with Crippen LogP contribution in [0.1, 0.15) is 27.7 Å². The predicted molar refractivity (Wildman–Crippen MR) is 99.5 cm³/mol. The molecule has 0 aromatic heterocycles. The molecule has 0 N–H and O–H groups in total. The van der Waals surface area contributed by atoms with E-state index in [1.165, 1.54) is 28.6 Å². The lowest BCUT2D eigenvalue weighted by Gasteiger charge is -2.23. The van der Waals surface area contributed by atoms with Crippen LogP contribution >= 0.6 is 0 Å². The Labute approximate surface area is 168 Å². The first-order valence-corrected chi connectivity index (χ1v) is 10.8. The number of rotatable bonds is 5. The van der Waals surface area contributed by atoms with Gasteiger partial charge < -0.3 is 18.9 Å². The summed E-state index contributed by atoms with van der Waals surface area (Å²) in [6.45, 7) is 7.78. The zero-order valence-corrected chi connectivity index (χ0v) is 17.4. The highest BCUT2D eigenvalue weighted by atomic mass is 32.2. The van der Waals surface area contributed by atoms with Crippen LogP contribution in [0.25, 0.3) is 0 Å². The molecule has 0 radical (unpaired) electrons. The van der Waals surface area contributed by atoms with Crippen molar-refractivity contribution in [2.24, 2.45) is 0 Å². The van der Waals surface area contributed by atoms with Crippen LogP contribution in [0.4, 0.5) is 5.69 Å². The Kier molecular flexibility index (Phi) is 4.76. The van der Waals surface area contributed by atoms with Crippen molar-refractivity contribution >= 4 is 15.7 Å². The van der Waals surface area contributed by atoms with Crippen LogP contribution < -0.4 is 0 Å². The second kappa shape index (κ2) is 6.69. The van der Waals surface area contributed by atoms with Crippen molar-refractivity contribution in [3.05, 3.63) is 34.4 Å². The molecule has 1 aromatic carbocycles. The first kappa shape index (κ1) is 20.6. The Hall–Kier alpha value is -1.63. The van der Waals surface area contributed by atoms with Crippen LogP contribution in [-0.4, -0.2) is 66.7 Å². The number of ether oxygens (including phenoxy) is 4. The molecule has 0 amide bonds. The molecule has 160 valence electrons. The van der Waals surface area contributed by atoms with E-state index in [1.54, 1.807) is 13.8 Å². The van der Waals surface area contributed by atoms with Crippen molar-refractivity contribution in [2.45, 2.75) is 68.5 Å². The molecule has 0 saturated carbocycles. The standard InChI is InChI=1S/C18H24N2O8S/c1-17(2)25-10-14(26-17)16-15(27-18(3,4)28-16)13-9-19(13)29(23,24)12-7-5-11(6-8-12)20(21)22/h5-8,13-16H,9-10H2,1-4H3/t13-,14+,15+,16+,19?/m0/s1. The van der Waals surface area contributed by atoms with Crippen LogP contribution in [-0.2, 0) is 29.0 Å². The van der Waals surface area contributed by atoms with Crippen molar-refractivity contribution < 1.29 is 32.3 Å². The number of benzene rings is 1. The fraction of sp³-hybridized carbons (Fsp3) is 0.667. The molecule has 3 fully saturated rings. The number of hydrogen-bond acceptors (Lipinski definition) is 8. The molecule has 3 aliphatic rings. The van der Waals surface area contributed by atoms with Gasteiger partial charge in [-0.1, -0.05) is 0 Å². The van der Waals surface area contributed by atoms with Gasteiger partial charge in [-0.05, 0) is 39.8 Å². The Morgan fingerprint density at radius 2 is 1.66 bits per heavy atom. The third-order valence-electron chi connectivity index (χ3n) is 5.20.